The van der Waals surface area contributed by atoms with Crippen LogP contribution in [0.3, 0.4) is 0 Å². The van der Waals surface area contributed by atoms with Crippen molar-refractivity contribution in [2.24, 2.45) is 0 Å². The number of likely N-dealkylation sites (tertiary alicyclic amines) is 1. The number of aryl methyl sites for hydroxylation is 1. The van der Waals surface area contributed by atoms with Gasteiger partial charge in [0.1, 0.15) is 11.2 Å². The van der Waals surface area contributed by atoms with Crippen molar-refractivity contribution in [2.75, 3.05) is 6.54 Å². The van der Waals surface area contributed by atoms with Crippen molar-refractivity contribution in [3.8, 4) is 0 Å². The summed E-state index contributed by atoms with van der Waals surface area (Å²) in [5.74, 6) is -0.0369. The molecule has 122 valence electrons. The van der Waals surface area contributed by atoms with Gasteiger partial charge < -0.3 is 4.90 Å². The van der Waals surface area contributed by atoms with E-state index in [4.69, 9.17) is 0 Å². The zero-order valence-electron chi connectivity index (χ0n) is 13.6. The molecule has 1 saturated heterocycles. The summed E-state index contributed by atoms with van der Waals surface area (Å²) in [6.45, 7) is 2.83. The summed E-state index contributed by atoms with van der Waals surface area (Å²) >= 11 is 0. The summed E-state index contributed by atoms with van der Waals surface area (Å²) in [6, 6.07) is 12.1. The van der Waals surface area contributed by atoms with Crippen molar-refractivity contribution in [1.29, 1.82) is 0 Å². The number of aromatic amines is 1. The lowest BCUT2D eigenvalue weighted by molar-refractivity contribution is 0.0606. The molecule has 3 aromatic rings. The fraction of sp³-hybridized carbons (Fsp3) is 0.333. The molecule has 1 unspecified atom stereocenters. The number of carbonyl (C=O) groups is 1. The van der Waals surface area contributed by atoms with Gasteiger partial charge in [-0.25, -0.2) is 4.98 Å². The number of piperidine rings is 1. The van der Waals surface area contributed by atoms with Crippen LogP contribution < -0.4 is 0 Å². The molecule has 6 heteroatoms. The first kappa shape index (κ1) is 14.8. The van der Waals surface area contributed by atoms with E-state index in [1.165, 1.54) is 11.1 Å². The summed E-state index contributed by atoms with van der Waals surface area (Å²) in [7, 11) is 0. The molecule has 1 N–H and O–H groups in total. The Morgan fingerprint density at radius 2 is 1.96 bits per heavy atom. The minimum atomic E-state index is -0.0369. The third-order valence-corrected chi connectivity index (χ3v) is 4.63. The van der Waals surface area contributed by atoms with Crippen LogP contribution in [0.15, 0.2) is 36.4 Å². The zero-order valence-corrected chi connectivity index (χ0v) is 13.6. The Kier molecular flexibility index (Phi) is 3.72. The van der Waals surface area contributed by atoms with Crippen molar-refractivity contribution in [2.45, 2.75) is 32.2 Å². The highest BCUT2D eigenvalue weighted by Crippen LogP contribution is 2.32. The van der Waals surface area contributed by atoms with E-state index >= 15 is 0 Å². The van der Waals surface area contributed by atoms with Gasteiger partial charge in [0, 0.05) is 6.54 Å². The number of fused-ring (bicyclic) bond motifs is 1. The van der Waals surface area contributed by atoms with Gasteiger partial charge in [-0.3, -0.25) is 4.79 Å². The SMILES string of the molecule is Cc1ccc(C2CCCCN2C(=O)c2ccc3n[nH]nc3n2)cc1. The van der Waals surface area contributed by atoms with Crippen LogP contribution in [0.4, 0.5) is 0 Å². The Bertz CT molecular complexity index is 871. The van der Waals surface area contributed by atoms with E-state index in [2.05, 4.69) is 51.6 Å². The van der Waals surface area contributed by atoms with Crippen LogP contribution in [-0.4, -0.2) is 37.7 Å². The molecule has 0 spiro atoms. The van der Waals surface area contributed by atoms with Crippen LogP contribution in [-0.2, 0) is 0 Å². The van der Waals surface area contributed by atoms with Gasteiger partial charge in [-0.15, -0.1) is 5.10 Å². The molecule has 1 fully saturated rings. The number of hydrogen-bond acceptors (Lipinski definition) is 4. The molecule has 0 saturated carbocycles. The molecule has 1 amide bonds. The molecular formula is C18H19N5O. The number of hydrogen-bond donors (Lipinski definition) is 1. The number of H-pyrrole nitrogens is 1. The molecule has 4 rings (SSSR count). The zero-order chi connectivity index (χ0) is 16.5. The first-order valence-corrected chi connectivity index (χ1v) is 8.27. The van der Waals surface area contributed by atoms with Gasteiger partial charge in [0.05, 0.1) is 6.04 Å². The molecule has 3 heterocycles. The summed E-state index contributed by atoms with van der Waals surface area (Å²) in [4.78, 5) is 19.3. The summed E-state index contributed by atoms with van der Waals surface area (Å²) < 4.78 is 0. The maximum Gasteiger partial charge on any atom is 0.273 e. The van der Waals surface area contributed by atoms with Crippen LogP contribution >= 0.6 is 0 Å². The fourth-order valence-corrected chi connectivity index (χ4v) is 3.31. The monoisotopic (exact) mass is 321 g/mol. The van der Waals surface area contributed by atoms with Crippen LogP contribution in [0.2, 0.25) is 0 Å². The van der Waals surface area contributed by atoms with Gasteiger partial charge in [-0.05, 0) is 43.9 Å². The normalized spacial score (nSPS) is 18.0. The summed E-state index contributed by atoms with van der Waals surface area (Å²) in [6.07, 6.45) is 3.15. The lowest BCUT2D eigenvalue weighted by atomic mass is 9.94. The highest BCUT2D eigenvalue weighted by atomic mass is 16.2. The molecule has 6 nitrogen and oxygen atoms in total. The predicted octanol–water partition coefficient (Wildman–Crippen LogP) is 3.03. The Morgan fingerprint density at radius 1 is 1.12 bits per heavy atom. The van der Waals surface area contributed by atoms with E-state index in [0.29, 0.717) is 16.9 Å². The standard InChI is InChI=1S/C18H19N5O/c1-12-5-7-13(8-6-12)16-4-2-3-11-23(16)18(24)15-10-9-14-17(19-15)21-22-20-14/h5-10,16H,2-4,11H2,1H3,(H,19,20,21,22). The molecule has 1 atom stereocenters. The van der Waals surface area contributed by atoms with Gasteiger partial charge in [0.2, 0.25) is 5.65 Å². The van der Waals surface area contributed by atoms with Crippen molar-refractivity contribution < 1.29 is 4.79 Å². The fourth-order valence-electron chi connectivity index (χ4n) is 3.31. The van der Waals surface area contributed by atoms with Crippen LogP contribution in [0.25, 0.3) is 11.2 Å². The van der Waals surface area contributed by atoms with E-state index in [0.717, 1.165) is 25.8 Å². The minimum Gasteiger partial charge on any atom is -0.330 e. The topological polar surface area (TPSA) is 74.8 Å². The number of rotatable bonds is 2. The third-order valence-electron chi connectivity index (χ3n) is 4.63. The molecule has 24 heavy (non-hydrogen) atoms. The smallest absolute Gasteiger partial charge is 0.273 e. The summed E-state index contributed by atoms with van der Waals surface area (Å²) in [5, 5.41) is 10.5. The first-order chi connectivity index (χ1) is 11.7. The van der Waals surface area contributed by atoms with Crippen molar-refractivity contribution in [3.63, 3.8) is 0 Å². The number of carbonyl (C=O) groups excluding carboxylic acids is 1. The average molecular weight is 321 g/mol. The molecule has 1 aromatic carbocycles. The highest BCUT2D eigenvalue weighted by Gasteiger charge is 2.29. The number of aromatic nitrogens is 4. The summed E-state index contributed by atoms with van der Waals surface area (Å²) in [5.41, 5.74) is 3.99. The molecular weight excluding hydrogens is 302 g/mol. The predicted molar refractivity (Wildman–Crippen MR) is 90.5 cm³/mol. The van der Waals surface area contributed by atoms with E-state index in [-0.39, 0.29) is 11.9 Å². The molecule has 0 bridgehead atoms. The number of amides is 1. The van der Waals surface area contributed by atoms with Gasteiger partial charge in [-0.1, -0.05) is 29.8 Å². The average Bonchev–Trinajstić information content (AvgIpc) is 3.09. The second-order valence-corrected chi connectivity index (χ2v) is 6.28. The number of nitrogens with one attached hydrogen (secondary N) is 1. The van der Waals surface area contributed by atoms with Crippen LogP contribution in [0.5, 0.6) is 0 Å². The molecule has 0 radical (unpaired) electrons. The van der Waals surface area contributed by atoms with Crippen LogP contribution in [0.1, 0.15) is 46.9 Å². The van der Waals surface area contributed by atoms with Crippen molar-refractivity contribution >= 4 is 17.1 Å². The molecule has 1 aliphatic rings. The Morgan fingerprint density at radius 3 is 2.79 bits per heavy atom. The van der Waals surface area contributed by atoms with E-state index in [1.54, 1.807) is 12.1 Å². The van der Waals surface area contributed by atoms with Crippen molar-refractivity contribution in [1.82, 2.24) is 25.3 Å². The lowest BCUT2D eigenvalue weighted by Crippen LogP contribution is -2.38. The Labute approximate surface area is 139 Å². The van der Waals surface area contributed by atoms with Crippen molar-refractivity contribution in [3.05, 3.63) is 53.2 Å². The minimum absolute atomic E-state index is 0.0369. The maximum absolute atomic E-state index is 13.0. The highest BCUT2D eigenvalue weighted by molar-refractivity contribution is 5.94. The number of nitrogens with zero attached hydrogens (tertiary/aromatic N) is 4. The van der Waals surface area contributed by atoms with Gasteiger partial charge in [0.15, 0.2) is 0 Å². The Hall–Kier alpha value is -2.76. The number of benzene rings is 1. The molecule has 2 aromatic heterocycles. The lowest BCUT2D eigenvalue weighted by Gasteiger charge is -2.36. The van der Waals surface area contributed by atoms with E-state index in [9.17, 15) is 4.79 Å². The third kappa shape index (κ3) is 2.64. The quantitative estimate of drug-likeness (QED) is 0.787. The second kappa shape index (κ2) is 6.03. The van der Waals surface area contributed by atoms with Gasteiger partial charge >= 0.3 is 0 Å². The molecule has 1 aliphatic heterocycles. The Balaban J connectivity index is 1.66. The maximum atomic E-state index is 13.0. The van der Waals surface area contributed by atoms with Gasteiger partial charge in [0.25, 0.3) is 5.91 Å². The largest absolute Gasteiger partial charge is 0.330 e. The van der Waals surface area contributed by atoms with E-state index in [1.807, 2.05) is 4.90 Å². The molecule has 0 aliphatic carbocycles. The van der Waals surface area contributed by atoms with E-state index < -0.39 is 0 Å². The second-order valence-electron chi connectivity index (χ2n) is 6.28. The number of pyridine rings is 1. The van der Waals surface area contributed by atoms with Crippen LogP contribution in [0, 0.1) is 6.92 Å². The first-order valence-electron chi connectivity index (χ1n) is 8.27. The van der Waals surface area contributed by atoms with Gasteiger partial charge in [-0.2, -0.15) is 10.3 Å².